The number of ether oxygens (including phenoxy) is 2. The minimum atomic E-state index is -0.648. The predicted molar refractivity (Wildman–Crippen MR) is 131 cm³/mol. The van der Waals surface area contributed by atoms with E-state index in [1.807, 2.05) is 6.07 Å². The fourth-order valence-corrected chi connectivity index (χ4v) is 3.37. The lowest BCUT2D eigenvalue weighted by atomic mass is 10.1. The SMILES string of the molecule is COc1cc(NC(=O)Nc2cccc(CNC(=O)OC(CCO)CCC#N)c2)ccc1-c1cnco1. The number of nitriles is 1. The fraction of sp³-hybridized carbons (Fsp3) is 0.280. The number of benzene rings is 2. The highest BCUT2D eigenvalue weighted by atomic mass is 16.6. The highest BCUT2D eigenvalue weighted by Crippen LogP contribution is 2.32. The van der Waals surface area contributed by atoms with Gasteiger partial charge in [0.05, 0.1) is 24.9 Å². The molecule has 0 spiro atoms. The Morgan fingerprint density at radius 3 is 2.67 bits per heavy atom. The molecule has 2 aromatic carbocycles. The number of nitrogens with one attached hydrogen (secondary N) is 3. The Kier molecular flexibility index (Phi) is 9.67. The minimum absolute atomic E-state index is 0.141. The second-order valence-electron chi connectivity index (χ2n) is 7.65. The van der Waals surface area contributed by atoms with Crippen LogP contribution in [0.15, 0.2) is 59.5 Å². The Labute approximate surface area is 208 Å². The molecule has 188 valence electrons. The van der Waals surface area contributed by atoms with Gasteiger partial charge in [-0.25, -0.2) is 14.6 Å². The molecule has 3 aromatic rings. The van der Waals surface area contributed by atoms with E-state index in [1.54, 1.807) is 48.7 Å². The van der Waals surface area contributed by atoms with Gasteiger partial charge in [-0.1, -0.05) is 12.1 Å². The molecule has 0 saturated carbocycles. The van der Waals surface area contributed by atoms with Crippen LogP contribution in [-0.4, -0.2) is 42.0 Å². The number of aromatic nitrogens is 1. The summed E-state index contributed by atoms with van der Waals surface area (Å²) in [4.78, 5) is 28.5. The number of aliphatic hydroxyl groups excluding tert-OH is 1. The van der Waals surface area contributed by atoms with E-state index in [9.17, 15) is 9.59 Å². The molecule has 0 aliphatic carbocycles. The Morgan fingerprint density at radius 2 is 1.97 bits per heavy atom. The second-order valence-corrected chi connectivity index (χ2v) is 7.65. The summed E-state index contributed by atoms with van der Waals surface area (Å²) in [7, 11) is 1.52. The molecule has 0 fully saturated rings. The van der Waals surface area contributed by atoms with Crippen LogP contribution in [0.5, 0.6) is 5.75 Å². The summed E-state index contributed by atoms with van der Waals surface area (Å²) in [5.74, 6) is 1.06. The van der Waals surface area contributed by atoms with Crippen molar-refractivity contribution >= 4 is 23.5 Å². The van der Waals surface area contributed by atoms with E-state index in [2.05, 4.69) is 20.9 Å². The first kappa shape index (κ1) is 26.1. The third-order valence-corrected chi connectivity index (χ3v) is 5.08. The lowest BCUT2D eigenvalue weighted by Crippen LogP contribution is -2.29. The van der Waals surface area contributed by atoms with E-state index in [0.29, 0.717) is 34.9 Å². The molecule has 11 heteroatoms. The summed E-state index contributed by atoms with van der Waals surface area (Å²) in [6.07, 6.45) is 2.56. The van der Waals surface area contributed by atoms with E-state index in [-0.39, 0.29) is 26.0 Å². The van der Waals surface area contributed by atoms with Crippen LogP contribution in [0.2, 0.25) is 0 Å². The number of carbonyl (C=O) groups excluding carboxylic acids is 2. The first-order valence-corrected chi connectivity index (χ1v) is 11.2. The molecule has 1 heterocycles. The van der Waals surface area contributed by atoms with Crippen LogP contribution in [0.1, 0.15) is 24.8 Å². The van der Waals surface area contributed by atoms with Gasteiger partial charge in [0.15, 0.2) is 12.2 Å². The van der Waals surface area contributed by atoms with Crippen molar-refractivity contribution in [2.24, 2.45) is 0 Å². The molecule has 0 saturated heterocycles. The Morgan fingerprint density at radius 1 is 1.17 bits per heavy atom. The average Bonchev–Trinajstić information content (AvgIpc) is 3.41. The summed E-state index contributed by atoms with van der Waals surface area (Å²) in [6, 6.07) is 13.6. The number of anilines is 2. The Hall–Kier alpha value is -4.56. The van der Waals surface area contributed by atoms with Crippen molar-refractivity contribution in [3.63, 3.8) is 0 Å². The molecule has 3 rings (SSSR count). The number of amides is 3. The zero-order chi connectivity index (χ0) is 25.8. The van der Waals surface area contributed by atoms with Gasteiger partial charge < -0.3 is 34.9 Å². The largest absolute Gasteiger partial charge is 0.496 e. The second kappa shape index (κ2) is 13.4. The zero-order valence-electron chi connectivity index (χ0n) is 19.7. The van der Waals surface area contributed by atoms with Crippen molar-refractivity contribution < 1.29 is 28.6 Å². The molecule has 36 heavy (non-hydrogen) atoms. The molecule has 0 aliphatic rings. The lowest BCUT2D eigenvalue weighted by Gasteiger charge is -2.16. The fourth-order valence-electron chi connectivity index (χ4n) is 3.37. The summed E-state index contributed by atoms with van der Waals surface area (Å²) in [6.45, 7) is 0.0257. The maximum Gasteiger partial charge on any atom is 0.407 e. The number of rotatable bonds is 11. The van der Waals surface area contributed by atoms with Crippen LogP contribution >= 0.6 is 0 Å². The molecule has 4 N–H and O–H groups in total. The predicted octanol–water partition coefficient (Wildman–Crippen LogP) is 4.28. The molecular formula is C25H27N5O6. The van der Waals surface area contributed by atoms with E-state index in [1.165, 1.54) is 13.5 Å². The first-order valence-electron chi connectivity index (χ1n) is 11.2. The van der Waals surface area contributed by atoms with Crippen LogP contribution in [0.4, 0.5) is 21.0 Å². The Bertz CT molecular complexity index is 1190. The van der Waals surface area contributed by atoms with E-state index in [0.717, 1.165) is 5.56 Å². The van der Waals surface area contributed by atoms with Gasteiger partial charge in [-0.15, -0.1) is 0 Å². The summed E-state index contributed by atoms with van der Waals surface area (Å²) < 4.78 is 16.0. The molecule has 1 aromatic heterocycles. The van der Waals surface area contributed by atoms with Crippen LogP contribution in [-0.2, 0) is 11.3 Å². The smallest absolute Gasteiger partial charge is 0.407 e. The van der Waals surface area contributed by atoms with E-state index >= 15 is 0 Å². The number of methoxy groups -OCH3 is 1. The quantitative estimate of drug-likeness (QED) is 0.308. The number of aliphatic hydroxyl groups is 1. The van der Waals surface area contributed by atoms with E-state index < -0.39 is 18.2 Å². The summed E-state index contributed by atoms with van der Waals surface area (Å²) in [5.41, 5.74) is 2.48. The van der Waals surface area contributed by atoms with Crippen molar-refractivity contribution in [1.29, 1.82) is 5.26 Å². The van der Waals surface area contributed by atoms with Gasteiger partial charge in [0.1, 0.15) is 11.9 Å². The molecular weight excluding hydrogens is 466 g/mol. The molecule has 1 atom stereocenters. The average molecular weight is 494 g/mol. The summed E-state index contributed by atoms with van der Waals surface area (Å²) in [5, 5.41) is 25.9. The van der Waals surface area contributed by atoms with Crippen molar-refractivity contribution in [3.05, 3.63) is 60.6 Å². The zero-order valence-corrected chi connectivity index (χ0v) is 19.7. The van der Waals surface area contributed by atoms with Crippen molar-refractivity contribution in [1.82, 2.24) is 10.3 Å². The van der Waals surface area contributed by atoms with Gasteiger partial charge >= 0.3 is 12.1 Å². The normalized spacial score (nSPS) is 11.1. The number of carbonyl (C=O) groups is 2. The number of hydrogen-bond acceptors (Lipinski definition) is 8. The number of hydrogen-bond donors (Lipinski definition) is 4. The standard InChI is InChI=1S/C25H27N5O6/c1-34-22-13-19(7-8-21(22)23-15-27-16-35-23)30-24(32)29-18-5-2-4-17(12-18)14-28-25(33)36-20(9-11-31)6-3-10-26/h2,4-5,7-8,12-13,15-16,20,31H,3,6,9,11,14H2,1H3,(H,28,33)(H2,29,30,32). The van der Waals surface area contributed by atoms with Gasteiger partial charge in [-0.2, -0.15) is 5.26 Å². The van der Waals surface area contributed by atoms with Crippen LogP contribution in [0, 0.1) is 11.3 Å². The number of nitrogens with zero attached hydrogens (tertiary/aromatic N) is 2. The van der Waals surface area contributed by atoms with Crippen molar-refractivity contribution in [3.8, 4) is 23.1 Å². The Balaban J connectivity index is 1.54. The molecule has 0 radical (unpaired) electrons. The number of alkyl carbamates (subject to hydrolysis) is 1. The van der Waals surface area contributed by atoms with Gasteiger partial charge in [0, 0.05) is 43.4 Å². The topological polar surface area (TPSA) is 159 Å². The van der Waals surface area contributed by atoms with Crippen LogP contribution < -0.4 is 20.7 Å². The monoisotopic (exact) mass is 493 g/mol. The van der Waals surface area contributed by atoms with Crippen LogP contribution in [0.25, 0.3) is 11.3 Å². The number of oxazole rings is 1. The van der Waals surface area contributed by atoms with Crippen molar-refractivity contribution in [2.45, 2.75) is 31.9 Å². The van der Waals surface area contributed by atoms with Gasteiger partial charge in [0.2, 0.25) is 0 Å². The third-order valence-electron chi connectivity index (χ3n) is 5.08. The first-order chi connectivity index (χ1) is 17.5. The molecule has 11 nitrogen and oxygen atoms in total. The minimum Gasteiger partial charge on any atom is -0.496 e. The molecule has 0 aliphatic heterocycles. The van der Waals surface area contributed by atoms with Gasteiger partial charge in [0.25, 0.3) is 0 Å². The van der Waals surface area contributed by atoms with Gasteiger partial charge in [-0.05, 0) is 36.2 Å². The third kappa shape index (κ3) is 7.75. The van der Waals surface area contributed by atoms with E-state index in [4.69, 9.17) is 24.3 Å². The molecule has 1 unspecified atom stereocenters. The molecule has 3 amide bonds. The molecule has 0 bridgehead atoms. The highest BCUT2D eigenvalue weighted by Gasteiger charge is 2.14. The van der Waals surface area contributed by atoms with Crippen molar-refractivity contribution in [2.75, 3.05) is 24.4 Å². The number of urea groups is 1. The van der Waals surface area contributed by atoms with Gasteiger partial charge in [-0.3, -0.25) is 0 Å². The van der Waals surface area contributed by atoms with Crippen LogP contribution in [0.3, 0.4) is 0 Å². The maximum atomic E-state index is 12.5. The highest BCUT2D eigenvalue weighted by molar-refractivity contribution is 6.00. The lowest BCUT2D eigenvalue weighted by molar-refractivity contribution is 0.0759. The maximum absolute atomic E-state index is 12.5. The summed E-state index contributed by atoms with van der Waals surface area (Å²) >= 11 is 0.